The zero-order chi connectivity index (χ0) is 12.4. The summed E-state index contributed by atoms with van der Waals surface area (Å²) in [6.07, 6.45) is 1.56. The molecule has 88 valence electrons. The fourth-order valence-electron chi connectivity index (χ4n) is 1.26. The summed E-state index contributed by atoms with van der Waals surface area (Å²) in [5.74, 6) is -3.28. The van der Waals surface area contributed by atoms with E-state index in [1.54, 1.807) is 13.2 Å². The molecule has 0 saturated heterocycles. The predicted octanol–water partition coefficient (Wildman–Crippen LogP) is 1.92. The zero-order valence-corrected chi connectivity index (χ0v) is 8.85. The number of nitrogens with zero attached hydrogens (tertiary/aromatic N) is 2. The molecule has 0 aliphatic rings. The summed E-state index contributed by atoms with van der Waals surface area (Å²) in [7, 11) is 1.64. The van der Waals surface area contributed by atoms with E-state index < -0.39 is 23.2 Å². The van der Waals surface area contributed by atoms with Crippen molar-refractivity contribution >= 4 is 5.97 Å². The number of carbonyl (C=O) groups excluding carboxylic acids is 1. The molecule has 0 N–H and O–H groups in total. The van der Waals surface area contributed by atoms with Crippen LogP contribution in [0.25, 0.3) is 0 Å². The van der Waals surface area contributed by atoms with Crippen molar-refractivity contribution in [2.75, 3.05) is 0 Å². The molecule has 0 bridgehead atoms. The summed E-state index contributed by atoms with van der Waals surface area (Å²) in [6, 6.07) is 4.74. The third kappa shape index (κ3) is 2.30. The molecule has 1 aromatic carbocycles. The minimum atomic E-state index is -1.23. The molecule has 1 heterocycles. The summed E-state index contributed by atoms with van der Waals surface area (Å²) in [5.41, 5.74) is -0.462. The topological polar surface area (TPSA) is 44.1 Å². The first-order chi connectivity index (χ1) is 8.08. The molecule has 4 nitrogen and oxygen atoms in total. The van der Waals surface area contributed by atoms with Gasteiger partial charge in [0, 0.05) is 19.3 Å². The van der Waals surface area contributed by atoms with Crippen LogP contribution < -0.4 is 4.74 Å². The Morgan fingerprint density at radius 2 is 2.12 bits per heavy atom. The maximum atomic E-state index is 13.3. The Labute approximate surface area is 95.4 Å². The predicted molar refractivity (Wildman–Crippen MR) is 54.5 cm³/mol. The van der Waals surface area contributed by atoms with E-state index in [9.17, 15) is 13.6 Å². The van der Waals surface area contributed by atoms with Crippen molar-refractivity contribution in [3.05, 3.63) is 47.7 Å². The number of aromatic nitrogens is 2. The number of benzene rings is 1. The van der Waals surface area contributed by atoms with Crippen molar-refractivity contribution in [3.8, 4) is 5.88 Å². The Hall–Kier alpha value is -2.24. The molecule has 2 rings (SSSR count). The van der Waals surface area contributed by atoms with Crippen molar-refractivity contribution in [2.24, 2.45) is 7.05 Å². The Balaban J connectivity index is 2.23. The van der Waals surface area contributed by atoms with E-state index in [0.29, 0.717) is 0 Å². The van der Waals surface area contributed by atoms with Gasteiger partial charge in [-0.15, -0.1) is 5.10 Å². The number of rotatable bonds is 2. The van der Waals surface area contributed by atoms with E-state index in [2.05, 4.69) is 5.10 Å². The highest BCUT2D eigenvalue weighted by Gasteiger charge is 2.17. The number of halogens is 2. The Bertz CT molecular complexity index is 566. The van der Waals surface area contributed by atoms with Gasteiger partial charge < -0.3 is 4.74 Å². The molecule has 0 saturated carbocycles. The number of hydrogen-bond donors (Lipinski definition) is 0. The summed E-state index contributed by atoms with van der Waals surface area (Å²) in [6.45, 7) is 0. The molecule has 0 aliphatic heterocycles. The van der Waals surface area contributed by atoms with Crippen molar-refractivity contribution in [1.82, 2.24) is 9.78 Å². The van der Waals surface area contributed by atoms with Crippen LogP contribution in [0.3, 0.4) is 0 Å². The van der Waals surface area contributed by atoms with Crippen molar-refractivity contribution in [3.63, 3.8) is 0 Å². The van der Waals surface area contributed by atoms with Crippen LogP contribution in [-0.4, -0.2) is 15.7 Å². The van der Waals surface area contributed by atoms with Gasteiger partial charge in [-0.25, -0.2) is 13.6 Å². The van der Waals surface area contributed by atoms with Gasteiger partial charge in [0.15, 0.2) is 11.6 Å². The molecule has 17 heavy (non-hydrogen) atoms. The summed E-state index contributed by atoms with van der Waals surface area (Å²) in [5, 5.41) is 3.79. The van der Waals surface area contributed by atoms with E-state index in [1.807, 2.05) is 0 Å². The van der Waals surface area contributed by atoms with Gasteiger partial charge in [-0.3, -0.25) is 4.68 Å². The SMILES string of the molecule is Cn1ccc(OC(=O)c2cccc(F)c2F)n1. The van der Waals surface area contributed by atoms with Gasteiger partial charge in [-0.05, 0) is 12.1 Å². The quantitative estimate of drug-likeness (QED) is 0.751. The Kier molecular flexibility index (Phi) is 2.86. The van der Waals surface area contributed by atoms with Crippen LogP contribution >= 0.6 is 0 Å². The van der Waals surface area contributed by atoms with E-state index in [4.69, 9.17) is 4.74 Å². The fraction of sp³-hybridized carbons (Fsp3) is 0.0909. The molecule has 0 unspecified atom stereocenters. The Morgan fingerprint density at radius 3 is 2.76 bits per heavy atom. The maximum Gasteiger partial charge on any atom is 0.348 e. The van der Waals surface area contributed by atoms with Gasteiger partial charge in [0.05, 0.1) is 5.56 Å². The first-order valence-electron chi connectivity index (χ1n) is 4.74. The second-order valence-electron chi connectivity index (χ2n) is 3.32. The van der Waals surface area contributed by atoms with E-state index in [-0.39, 0.29) is 5.88 Å². The van der Waals surface area contributed by atoms with Gasteiger partial charge in [0.25, 0.3) is 0 Å². The van der Waals surface area contributed by atoms with Crippen molar-refractivity contribution in [2.45, 2.75) is 0 Å². The summed E-state index contributed by atoms with van der Waals surface area (Å²) >= 11 is 0. The first-order valence-corrected chi connectivity index (χ1v) is 4.74. The smallest absolute Gasteiger partial charge is 0.348 e. The molecular formula is C11H8F2N2O2. The third-order valence-electron chi connectivity index (χ3n) is 2.06. The lowest BCUT2D eigenvalue weighted by molar-refractivity contribution is 0.0720. The van der Waals surface area contributed by atoms with Crippen LogP contribution in [0.2, 0.25) is 0 Å². The van der Waals surface area contributed by atoms with Crippen LogP contribution in [-0.2, 0) is 7.05 Å². The van der Waals surface area contributed by atoms with Crippen molar-refractivity contribution in [1.29, 1.82) is 0 Å². The fourth-order valence-corrected chi connectivity index (χ4v) is 1.26. The highest BCUT2D eigenvalue weighted by molar-refractivity contribution is 5.91. The second kappa shape index (κ2) is 4.32. The largest absolute Gasteiger partial charge is 0.402 e. The maximum absolute atomic E-state index is 13.3. The monoisotopic (exact) mass is 238 g/mol. The second-order valence-corrected chi connectivity index (χ2v) is 3.32. The highest BCUT2D eigenvalue weighted by atomic mass is 19.2. The van der Waals surface area contributed by atoms with Gasteiger partial charge in [-0.1, -0.05) is 6.07 Å². The van der Waals surface area contributed by atoms with E-state index in [0.717, 1.165) is 12.1 Å². The summed E-state index contributed by atoms with van der Waals surface area (Å²) < 4.78 is 32.3. The van der Waals surface area contributed by atoms with Crippen LogP contribution in [0, 0.1) is 11.6 Å². The number of carbonyl (C=O) groups is 1. The third-order valence-corrected chi connectivity index (χ3v) is 2.06. The lowest BCUT2D eigenvalue weighted by atomic mass is 10.2. The van der Waals surface area contributed by atoms with Gasteiger partial charge in [0.1, 0.15) is 0 Å². The number of ether oxygens (including phenoxy) is 1. The molecule has 0 fully saturated rings. The lowest BCUT2D eigenvalue weighted by Crippen LogP contribution is -2.12. The van der Waals surface area contributed by atoms with Gasteiger partial charge in [0.2, 0.25) is 5.88 Å². The minimum Gasteiger partial charge on any atom is -0.402 e. The number of esters is 1. The molecule has 1 aromatic heterocycles. The standard InChI is InChI=1S/C11H8F2N2O2/c1-15-6-5-9(14-15)17-11(16)7-3-2-4-8(12)10(7)13/h2-6H,1H3. The molecule has 0 aliphatic carbocycles. The molecular weight excluding hydrogens is 230 g/mol. The highest BCUT2D eigenvalue weighted by Crippen LogP contribution is 2.14. The van der Waals surface area contributed by atoms with Gasteiger partial charge in [-0.2, -0.15) is 0 Å². The zero-order valence-electron chi connectivity index (χ0n) is 8.85. The molecule has 6 heteroatoms. The van der Waals surface area contributed by atoms with Crippen LogP contribution in [0.4, 0.5) is 8.78 Å². The van der Waals surface area contributed by atoms with Crippen LogP contribution in [0.5, 0.6) is 5.88 Å². The lowest BCUT2D eigenvalue weighted by Gasteiger charge is -2.02. The summed E-state index contributed by atoms with van der Waals surface area (Å²) in [4.78, 5) is 11.5. The van der Waals surface area contributed by atoms with Gasteiger partial charge >= 0.3 is 5.97 Å². The number of hydrogen-bond acceptors (Lipinski definition) is 3. The van der Waals surface area contributed by atoms with E-state index in [1.165, 1.54) is 16.8 Å². The van der Waals surface area contributed by atoms with Crippen molar-refractivity contribution < 1.29 is 18.3 Å². The molecule has 2 aromatic rings. The minimum absolute atomic E-state index is 0.0289. The van der Waals surface area contributed by atoms with Crippen LogP contribution in [0.1, 0.15) is 10.4 Å². The van der Waals surface area contributed by atoms with E-state index >= 15 is 0 Å². The normalized spacial score (nSPS) is 10.3. The molecule has 0 amide bonds. The molecule has 0 spiro atoms. The van der Waals surface area contributed by atoms with Crippen LogP contribution in [0.15, 0.2) is 30.5 Å². The average molecular weight is 238 g/mol. The average Bonchev–Trinajstić information content (AvgIpc) is 2.68. The number of aryl methyl sites for hydroxylation is 1. The Morgan fingerprint density at radius 1 is 1.35 bits per heavy atom. The molecule has 0 atom stereocenters. The molecule has 0 radical (unpaired) electrons. The first kappa shape index (κ1) is 11.3.